The highest BCUT2D eigenvalue weighted by Gasteiger charge is 2.30. The number of carbonyl (C=O) groups is 1. The molecule has 1 aliphatic rings. The Bertz CT molecular complexity index is 474. The van der Waals surface area contributed by atoms with E-state index < -0.39 is 6.04 Å². The van der Waals surface area contributed by atoms with Crippen molar-refractivity contribution in [3.8, 4) is 5.75 Å². The predicted octanol–water partition coefficient (Wildman–Crippen LogP) is 2.95. The lowest BCUT2D eigenvalue weighted by Gasteiger charge is -2.21. The molecule has 110 valence electrons. The van der Waals surface area contributed by atoms with E-state index in [1.165, 1.54) is 12.8 Å². The van der Waals surface area contributed by atoms with Gasteiger partial charge in [0.1, 0.15) is 11.8 Å². The van der Waals surface area contributed by atoms with Gasteiger partial charge >= 0.3 is 5.97 Å². The Hall–Kier alpha value is -1.26. The third-order valence-electron chi connectivity index (χ3n) is 3.35. The van der Waals surface area contributed by atoms with E-state index in [2.05, 4.69) is 5.32 Å². The van der Waals surface area contributed by atoms with Gasteiger partial charge in [-0.2, -0.15) is 0 Å². The van der Waals surface area contributed by atoms with Crippen molar-refractivity contribution in [2.45, 2.75) is 25.8 Å². The lowest BCUT2D eigenvalue weighted by molar-refractivity contribution is -0.145. The summed E-state index contributed by atoms with van der Waals surface area (Å²) in [4.78, 5) is 12.2. The SMILES string of the molecule is CCOC(=O)C(NCC1CC1)c1c(Cl)cccc1OC. The number of hydrogen-bond acceptors (Lipinski definition) is 4. The van der Waals surface area contributed by atoms with Crippen LogP contribution in [0.2, 0.25) is 5.02 Å². The molecule has 0 aliphatic heterocycles. The average Bonchev–Trinajstić information content (AvgIpc) is 3.25. The molecule has 1 fully saturated rings. The summed E-state index contributed by atoms with van der Waals surface area (Å²) in [6.45, 7) is 2.92. The molecular weight excluding hydrogens is 278 g/mol. The molecule has 1 N–H and O–H groups in total. The Balaban J connectivity index is 2.25. The van der Waals surface area contributed by atoms with Gasteiger partial charge in [-0.05, 0) is 44.4 Å². The first kappa shape index (κ1) is 15.1. The third-order valence-corrected chi connectivity index (χ3v) is 3.68. The molecule has 1 aliphatic carbocycles. The molecule has 0 heterocycles. The molecule has 0 aromatic heterocycles. The highest BCUT2D eigenvalue weighted by Crippen LogP contribution is 2.34. The number of nitrogens with one attached hydrogen (secondary N) is 1. The molecule has 1 unspecified atom stereocenters. The van der Waals surface area contributed by atoms with Gasteiger partial charge in [-0.3, -0.25) is 0 Å². The maximum absolute atomic E-state index is 12.2. The first-order valence-corrected chi connectivity index (χ1v) is 7.27. The lowest BCUT2D eigenvalue weighted by atomic mass is 10.1. The molecule has 1 saturated carbocycles. The van der Waals surface area contributed by atoms with Crippen LogP contribution in [0, 0.1) is 5.92 Å². The monoisotopic (exact) mass is 297 g/mol. The van der Waals surface area contributed by atoms with Crippen LogP contribution >= 0.6 is 11.6 Å². The van der Waals surface area contributed by atoms with Crippen LogP contribution in [0.25, 0.3) is 0 Å². The minimum absolute atomic E-state index is 0.320. The molecule has 0 spiro atoms. The minimum atomic E-state index is -0.584. The Morgan fingerprint density at radius 2 is 2.25 bits per heavy atom. The summed E-state index contributed by atoms with van der Waals surface area (Å²) in [6, 6.07) is 4.77. The van der Waals surface area contributed by atoms with Crippen molar-refractivity contribution >= 4 is 17.6 Å². The van der Waals surface area contributed by atoms with Crippen molar-refractivity contribution in [3.05, 3.63) is 28.8 Å². The number of benzene rings is 1. The molecule has 0 bridgehead atoms. The first-order chi connectivity index (χ1) is 9.67. The Labute approximate surface area is 124 Å². The Kier molecular flexibility index (Phi) is 5.26. The van der Waals surface area contributed by atoms with Crippen LogP contribution in [0.4, 0.5) is 0 Å². The highest BCUT2D eigenvalue weighted by atomic mass is 35.5. The van der Waals surface area contributed by atoms with Crippen LogP contribution in [0.1, 0.15) is 31.4 Å². The highest BCUT2D eigenvalue weighted by molar-refractivity contribution is 6.31. The lowest BCUT2D eigenvalue weighted by Crippen LogP contribution is -2.32. The molecule has 5 heteroatoms. The molecule has 1 aromatic carbocycles. The standard InChI is InChI=1S/C15H20ClNO3/c1-3-20-15(18)14(17-9-10-7-8-10)13-11(16)5-4-6-12(13)19-2/h4-6,10,14,17H,3,7-9H2,1-2H3. The van der Waals surface area contributed by atoms with Gasteiger partial charge in [0.2, 0.25) is 0 Å². The number of hydrogen-bond donors (Lipinski definition) is 1. The van der Waals surface area contributed by atoms with E-state index in [1.807, 2.05) is 0 Å². The van der Waals surface area contributed by atoms with Crippen molar-refractivity contribution in [3.63, 3.8) is 0 Å². The van der Waals surface area contributed by atoms with Crippen molar-refractivity contribution in [2.24, 2.45) is 5.92 Å². The molecule has 1 aromatic rings. The van der Waals surface area contributed by atoms with Gasteiger partial charge in [0.05, 0.1) is 13.7 Å². The first-order valence-electron chi connectivity index (χ1n) is 6.89. The summed E-state index contributed by atoms with van der Waals surface area (Å²) < 4.78 is 10.5. The summed E-state index contributed by atoms with van der Waals surface area (Å²) >= 11 is 6.25. The van der Waals surface area contributed by atoms with Gasteiger partial charge in [-0.1, -0.05) is 17.7 Å². The molecule has 4 nitrogen and oxygen atoms in total. The smallest absolute Gasteiger partial charge is 0.327 e. The minimum Gasteiger partial charge on any atom is -0.496 e. The van der Waals surface area contributed by atoms with E-state index in [9.17, 15) is 4.79 Å². The van der Waals surface area contributed by atoms with Crippen LogP contribution in [-0.4, -0.2) is 26.2 Å². The molecule has 0 saturated heterocycles. The number of methoxy groups -OCH3 is 1. The van der Waals surface area contributed by atoms with E-state index >= 15 is 0 Å². The largest absolute Gasteiger partial charge is 0.496 e. The van der Waals surface area contributed by atoms with Crippen molar-refractivity contribution < 1.29 is 14.3 Å². The summed E-state index contributed by atoms with van der Waals surface area (Å²) in [6.07, 6.45) is 2.42. The number of carbonyl (C=O) groups excluding carboxylic acids is 1. The fourth-order valence-electron chi connectivity index (χ4n) is 2.11. The van der Waals surface area contributed by atoms with Crippen LogP contribution < -0.4 is 10.1 Å². The van der Waals surface area contributed by atoms with E-state index in [0.717, 1.165) is 6.54 Å². The van der Waals surface area contributed by atoms with Crippen LogP contribution in [0.5, 0.6) is 5.75 Å². The van der Waals surface area contributed by atoms with Crippen LogP contribution in [0.15, 0.2) is 18.2 Å². The Morgan fingerprint density at radius 1 is 1.50 bits per heavy atom. The van der Waals surface area contributed by atoms with E-state index in [4.69, 9.17) is 21.1 Å². The van der Waals surface area contributed by atoms with Gasteiger partial charge in [0.15, 0.2) is 0 Å². The number of esters is 1. The zero-order valence-corrected chi connectivity index (χ0v) is 12.6. The third kappa shape index (κ3) is 3.64. The molecule has 2 rings (SSSR count). The van der Waals surface area contributed by atoms with Crippen LogP contribution in [0.3, 0.4) is 0 Å². The van der Waals surface area contributed by atoms with E-state index in [-0.39, 0.29) is 5.97 Å². The van der Waals surface area contributed by atoms with Gasteiger partial charge in [0, 0.05) is 10.6 Å². The second-order valence-corrected chi connectivity index (χ2v) is 5.30. The number of ether oxygens (including phenoxy) is 2. The molecule has 0 radical (unpaired) electrons. The maximum Gasteiger partial charge on any atom is 0.327 e. The molecular formula is C15H20ClNO3. The average molecular weight is 298 g/mol. The molecule has 0 amide bonds. The van der Waals surface area contributed by atoms with Gasteiger partial charge in [0.25, 0.3) is 0 Å². The normalized spacial score (nSPS) is 15.8. The fraction of sp³-hybridized carbons (Fsp3) is 0.533. The zero-order valence-electron chi connectivity index (χ0n) is 11.8. The van der Waals surface area contributed by atoms with Crippen molar-refractivity contribution in [1.29, 1.82) is 0 Å². The molecule has 1 atom stereocenters. The summed E-state index contributed by atoms with van der Waals surface area (Å²) in [7, 11) is 1.57. The maximum atomic E-state index is 12.2. The quantitative estimate of drug-likeness (QED) is 0.786. The van der Waals surface area contributed by atoms with Crippen molar-refractivity contribution in [1.82, 2.24) is 5.32 Å². The summed E-state index contributed by atoms with van der Waals surface area (Å²) in [5.74, 6) is 0.929. The second-order valence-electron chi connectivity index (χ2n) is 4.89. The Morgan fingerprint density at radius 3 is 2.85 bits per heavy atom. The van der Waals surface area contributed by atoms with Gasteiger partial charge in [-0.25, -0.2) is 4.79 Å². The predicted molar refractivity (Wildman–Crippen MR) is 78.1 cm³/mol. The van der Waals surface area contributed by atoms with Crippen LogP contribution in [-0.2, 0) is 9.53 Å². The number of halogens is 1. The molecule has 20 heavy (non-hydrogen) atoms. The van der Waals surface area contributed by atoms with Gasteiger partial charge < -0.3 is 14.8 Å². The topological polar surface area (TPSA) is 47.6 Å². The summed E-state index contributed by atoms with van der Waals surface area (Å²) in [5.41, 5.74) is 0.649. The van der Waals surface area contributed by atoms with Crippen molar-refractivity contribution in [2.75, 3.05) is 20.3 Å². The van der Waals surface area contributed by atoms with E-state index in [1.54, 1.807) is 32.2 Å². The number of rotatable bonds is 7. The summed E-state index contributed by atoms with van der Waals surface area (Å²) in [5, 5.41) is 3.76. The fourth-order valence-corrected chi connectivity index (χ4v) is 2.39. The van der Waals surface area contributed by atoms with E-state index in [0.29, 0.717) is 28.9 Å². The zero-order chi connectivity index (χ0) is 14.5. The van der Waals surface area contributed by atoms with Gasteiger partial charge in [-0.15, -0.1) is 0 Å². The second kappa shape index (κ2) is 6.95.